The Bertz CT molecular complexity index is 364. The zero-order chi connectivity index (χ0) is 13.4. The summed E-state index contributed by atoms with van der Waals surface area (Å²) in [6.45, 7) is 2.15. The first-order chi connectivity index (χ1) is 8.67. The Morgan fingerprint density at radius 1 is 1.39 bits per heavy atom. The van der Waals surface area contributed by atoms with E-state index < -0.39 is 0 Å². The van der Waals surface area contributed by atoms with Crippen LogP contribution in [0.15, 0.2) is 23.3 Å². The molecule has 0 heterocycles. The molecule has 0 spiro atoms. The number of carbonyl (C=O) groups excluding carboxylic acids is 2. The average molecular weight is 250 g/mol. The highest BCUT2D eigenvalue weighted by molar-refractivity contribution is 5.92. The molecule has 3 nitrogen and oxygen atoms in total. The topological polar surface area (TPSA) is 43.4 Å². The SMILES string of the molecule is CCCCC/C(=C/C(=O)OC)C1=CC(=O)CCC1. The molecule has 100 valence electrons. The molecule has 0 aromatic heterocycles. The molecule has 0 atom stereocenters. The quantitative estimate of drug-likeness (QED) is 0.412. The molecule has 0 radical (unpaired) electrons. The van der Waals surface area contributed by atoms with E-state index in [1.165, 1.54) is 7.11 Å². The minimum absolute atomic E-state index is 0.169. The molecule has 1 aliphatic carbocycles. The monoisotopic (exact) mass is 250 g/mol. The third-order valence-corrected chi connectivity index (χ3v) is 3.16. The molecule has 0 unspecified atom stereocenters. The van der Waals surface area contributed by atoms with Crippen molar-refractivity contribution in [3.63, 3.8) is 0 Å². The highest BCUT2D eigenvalue weighted by atomic mass is 16.5. The number of methoxy groups -OCH3 is 1. The highest BCUT2D eigenvalue weighted by Gasteiger charge is 2.14. The first kappa shape index (κ1) is 14.7. The molecule has 0 saturated carbocycles. The van der Waals surface area contributed by atoms with Crippen molar-refractivity contribution in [1.82, 2.24) is 0 Å². The molecular weight excluding hydrogens is 228 g/mol. The molecule has 0 amide bonds. The maximum absolute atomic E-state index is 11.4. The molecule has 0 fully saturated rings. The number of unbranched alkanes of at least 4 members (excludes halogenated alkanes) is 2. The smallest absolute Gasteiger partial charge is 0.330 e. The lowest BCUT2D eigenvalue weighted by Gasteiger charge is -2.15. The summed E-state index contributed by atoms with van der Waals surface area (Å²) in [7, 11) is 1.38. The van der Waals surface area contributed by atoms with Crippen LogP contribution in [0, 0.1) is 0 Å². The summed E-state index contributed by atoms with van der Waals surface area (Å²) in [5.74, 6) is -0.164. The number of carbonyl (C=O) groups is 2. The van der Waals surface area contributed by atoms with Gasteiger partial charge in [-0.15, -0.1) is 0 Å². The molecule has 0 bridgehead atoms. The zero-order valence-corrected chi connectivity index (χ0v) is 11.3. The predicted octanol–water partition coefficient (Wildman–Crippen LogP) is 3.35. The molecule has 0 aromatic rings. The lowest BCUT2D eigenvalue weighted by atomic mass is 9.90. The fraction of sp³-hybridized carbons (Fsp3) is 0.600. The van der Waals surface area contributed by atoms with Crippen LogP contribution in [0.4, 0.5) is 0 Å². The van der Waals surface area contributed by atoms with Crippen molar-refractivity contribution in [2.24, 2.45) is 0 Å². The van der Waals surface area contributed by atoms with Gasteiger partial charge in [0, 0.05) is 12.5 Å². The van der Waals surface area contributed by atoms with Crippen molar-refractivity contribution in [3.8, 4) is 0 Å². The van der Waals surface area contributed by atoms with Crippen LogP contribution in [0.25, 0.3) is 0 Å². The van der Waals surface area contributed by atoms with Gasteiger partial charge in [-0.2, -0.15) is 0 Å². The van der Waals surface area contributed by atoms with E-state index in [9.17, 15) is 9.59 Å². The fourth-order valence-corrected chi connectivity index (χ4v) is 2.14. The van der Waals surface area contributed by atoms with Crippen molar-refractivity contribution in [2.75, 3.05) is 7.11 Å². The van der Waals surface area contributed by atoms with Gasteiger partial charge in [0.15, 0.2) is 5.78 Å². The summed E-state index contributed by atoms with van der Waals surface area (Å²) >= 11 is 0. The molecule has 1 aliphatic rings. The van der Waals surface area contributed by atoms with Crippen molar-refractivity contribution in [1.29, 1.82) is 0 Å². The van der Waals surface area contributed by atoms with Gasteiger partial charge in [0.1, 0.15) is 0 Å². The van der Waals surface area contributed by atoms with Crippen LogP contribution in [0.3, 0.4) is 0 Å². The number of hydrogen-bond donors (Lipinski definition) is 0. The summed E-state index contributed by atoms with van der Waals surface area (Å²) in [5, 5.41) is 0. The maximum Gasteiger partial charge on any atom is 0.330 e. The molecule has 0 N–H and O–H groups in total. The van der Waals surface area contributed by atoms with E-state index in [4.69, 9.17) is 0 Å². The number of hydrogen-bond acceptors (Lipinski definition) is 3. The average Bonchev–Trinajstić information content (AvgIpc) is 2.37. The predicted molar refractivity (Wildman–Crippen MR) is 71.2 cm³/mol. The Morgan fingerprint density at radius 2 is 2.17 bits per heavy atom. The Balaban J connectivity index is 2.79. The van der Waals surface area contributed by atoms with Crippen LogP contribution in [0.5, 0.6) is 0 Å². The summed E-state index contributed by atoms with van der Waals surface area (Å²) < 4.78 is 4.68. The third kappa shape index (κ3) is 4.86. The van der Waals surface area contributed by atoms with Crippen molar-refractivity contribution < 1.29 is 14.3 Å². The lowest BCUT2D eigenvalue weighted by molar-refractivity contribution is -0.134. The van der Waals surface area contributed by atoms with E-state index >= 15 is 0 Å². The summed E-state index contributed by atoms with van der Waals surface area (Å²) in [4.78, 5) is 22.8. The van der Waals surface area contributed by atoms with Gasteiger partial charge in [0.25, 0.3) is 0 Å². The van der Waals surface area contributed by atoms with Crippen LogP contribution >= 0.6 is 0 Å². The van der Waals surface area contributed by atoms with Gasteiger partial charge in [-0.1, -0.05) is 19.8 Å². The molecule has 18 heavy (non-hydrogen) atoms. The molecule has 3 heteroatoms. The molecule has 1 rings (SSSR count). The Morgan fingerprint density at radius 3 is 2.78 bits per heavy atom. The number of rotatable bonds is 6. The van der Waals surface area contributed by atoms with Gasteiger partial charge in [0.05, 0.1) is 7.11 Å². The Labute approximate surface area is 109 Å². The third-order valence-electron chi connectivity index (χ3n) is 3.16. The second-order valence-corrected chi connectivity index (χ2v) is 4.64. The van der Waals surface area contributed by atoms with E-state index in [1.807, 2.05) is 0 Å². The van der Waals surface area contributed by atoms with E-state index in [2.05, 4.69) is 11.7 Å². The van der Waals surface area contributed by atoms with Crippen LogP contribution < -0.4 is 0 Å². The van der Waals surface area contributed by atoms with Crippen molar-refractivity contribution in [2.45, 2.75) is 51.9 Å². The van der Waals surface area contributed by atoms with E-state index in [0.717, 1.165) is 49.7 Å². The van der Waals surface area contributed by atoms with Gasteiger partial charge >= 0.3 is 5.97 Å². The number of allylic oxidation sites excluding steroid dienone is 3. The number of esters is 1. The van der Waals surface area contributed by atoms with Crippen LogP contribution in [0.1, 0.15) is 51.9 Å². The van der Waals surface area contributed by atoms with E-state index in [0.29, 0.717) is 6.42 Å². The van der Waals surface area contributed by atoms with Crippen molar-refractivity contribution in [3.05, 3.63) is 23.3 Å². The van der Waals surface area contributed by atoms with Gasteiger partial charge in [-0.25, -0.2) is 4.79 Å². The molecule has 0 aliphatic heterocycles. The molecule has 0 aromatic carbocycles. The summed E-state index contributed by atoms with van der Waals surface area (Å²) in [6, 6.07) is 0. The van der Waals surface area contributed by atoms with Gasteiger partial charge in [-0.05, 0) is 42.9 Å². The van der Waals surface area contributed by atoms with E-state index in [-0.39, 0.29) is 11.8 Å². The maximum atomic E-state index is 11.4. The van der Waals surface area contributed by atoms with Gasteiger partial charge < -0.3 is 4.74 Å². The lowest BCUT2D eigenvalue weighted by Crippen LogP contribution is -2.06. The number of ketones is 1. The van der Waals surface area contributed by atoms with Crippen LogP contribution in [-0.4, -0.2) is 18.9 Å². The second kappa shape index (κ2) is 7.85. The highest BCUT2D eigenvalue weighted by Crippen LogP contribution is 2.26. The van der Waals surface area contributed by atoms with Crippen LogP contribution in [0.2, 0.25) is 0 Å². The minimum atomic E-state index is -0.333. The largest absolute Gasteiger partial charge is 0.466 e. The Kier molecular flexibility index (Phi) is 6.40. The zero-order valence-electron chi connectivity index (χ0n) is 11.3. The van der Waals surface area contributed by atoms with Crippen molar-refractivity contribution >= 4 is 11.8 Å². The fourth-order valence-electron chi connectivity index (χ4n) is 2.14. The molecule has 0 saturated heterocycles. The van der Waals surface area contributed by atoms with Gasteiger partial charge in [-0.3, -0.25) is 4.79 Å². The Hall–Kier alpha value is -1.38. The standard InChI is InChI=1S/C15H22O3/c1-3-4-5-7-13(11-15(17)18-2)12-8-6-9-14(16)10-12/h10-11H,3-9H2,1-2H3/b13-11-. The summed E-state index contributed by atoms with van der Waals surface area (Å²) in [5.41, 5.74) is 2.00. The first-order valence-corrected chi connectivity index (χ1v) is 6.69. The number of ether oxygens (including phenoxy) is 1. The van der Waals surface area contributed by atoms with E-state index in [1.54, 1.807) is 12.2 Å². The summed E-state index contributed by atoms with van der Waals surface area (Å²) in [6.07, 6.45) is 9.82. The first-order valence-electron chi connectivity index (χ1n) is 6.69. The van der Waals surface area contributed by atoms with Gasteiger partial charge in [0.2, 0.25) is 0 Å². The minimum Gasteiger partial charge on any atom is -0.466 e. The van der Waals surface area contributed by atoms with Crippen LogP contribution in [-0.2, 0) is 14.3 Å². The normalized spacial score (nSPS) is 16.4. The second-order valence-electron chi connectivity index (χ2n) is 4.64. The molecular formula is C15H22O3.